The second kappa shape index (κ2) is 9.22. The highest BCUT2D eigenvalue weighted by Gasteiger charge is 2.46. The van der Waals surface area contributed by atoms with Crippen molar-refractivity contribution in [2.24, 2.45) is 16.3 Å². The number of allylic oxidation sites excluding steroid dienone is 2. The molecule has 1 aliphatic carbocycles. The van der Waals surface area contributed by atoms with Crippen molar-refractivity contribution in [1.82, 2.24) is 0 Å². The van der Waals surface area contributed by atoms with Crippen LogP contribution in [-0.2, 0) is 14.3 Å². The Hall–Kier alpha value is -3.41. The van der Waals surface area contributed by atoms with E-state index in [0.29, 0.717) is 29.9 Å². The summed E-state index contributed by atoms with van der Waals surface area (Å²) in [4.78, 5) is 31.2. The molecule has 6 heteroatoms. The van der Waals surface area contributed by atoms with Gasteiger partial charge in [-0.15, -0.1) is 0 Å². The minimum Gasteiger partial charge on any atom is -0.508 e. The fourth-order valence-corrected chi connectivity index (χ4v) is 4.70. The molecule has 33 heavy (non-hydrogen) atoms. The molecule has 2 aliphatic rings. The van der Waals surface area contributed by atoms with E-state index < -0.39 is 17.8 Å². The van der Waals surface area contributed by atoms with Gasteiger partial charge in [-0.05, 0) is 48.6 Å². The van der Waals surface area contributed by atoms with Crippen LogP contribution in [0.15, 0.2) is 70.9 Å². The van der Waals surface area contributed by atoms with Crippen molar-refractivity contribution in [3.63, 3.8) is 0 Å². The molecule has 2 atom stereocenters. The predicted molar refractivity (Wildman–Crippen MR) is 125 cm³/mol. The van der Waals surface area contributed by atoms with Crippen molar-refractivity contribution in [3.8, 4) is 11.5 Å². The number of ether oxygens (including phenoxy) is 2. The second-order valence-corrected chi connectivity index (χ2v) is 9.43. The van der Waals surface area contributed by atoms with Crippen LogP contribution in [0, 0.1) is 11.3 Å². The number of rotatable bonds is 6. The molecule has 0 aromatic heterocycles. The third kappa shape index (κ3) is 5.00. The first-order valence-corrected chi connectivity index (χ1v) is 11.2. The van der Waals surface area contributed by atoms with E-state index in [2.05, 4.69) is 13.8 Å². The largest absolute Gasteiger partial charge is 0.508 e. The lowest BCUT2D eigenvalue weighted by Gasteiger charge is -2.39. The van der Waals surface area contributed by atoms with Gasteiger partial charge < -0.3 is 14.6 Å². The maximum Gasteiger partial charge on any atom is 0.315 e. The van der Waals surface area contributed by atoms with Crippen molar-refractivity contribution in [3.05, 3.63) is 71.4 Å². The Kier molecular flexibility index (Phi) is 6.36. The molecule has 6 nitrogen and oxygen atoms in total. The van der Waals surface area contributed by atoms with Crippen molar-refractivity contribution >= 4 is 17.5 Å². The summed E-state index contributed by atoms with van der Waals surface area (Å²) in [5.74, 6) is -0.797. The van der Waals surface area contributed by atoms with Crippen molar-refractivity contribution < 1.29 is 24.2 Å². The van der Waals surface area contributed by atoms with Gasteiger partial charge in [0.2, 0.25) is 0 Å². The number of benzene rings is 2. The van der Waals surface area contributed by atoms with E-state index in [9.17, 15) is 14.7 Å². The number of phenolic OH excluding ortho intramolecular Hbond substituents is 1. The summed E-state index contributed by atoms with van der Waals surface area (Å²) >= 11 is 0. The summed E-state index contributed by atoms with van der Waals surface area (Å²) < 4.78 is 11.2. The van der Waals surface area contributed by atoms with Gasteiger partial charge >= 0.3 is 5.97 Å². The van der Waals surface area contributed by atoms with E-state index in [0.717, 1.165) is 11.3 Å². The zero-order chi connectivity index (χ0) is 23.6. The van der Waals surface area contributed by atoms with Crippen LogP contribution in [0.25, 0.3) is 0 Å². The summed E-state index contributed by atoms with van der Waals surface area (Å²) in [5, 5.41) is 9.76. The molecule has 4 rings (SSSR count). The van der Waals surface area contributed by atoms with Crippen LogP contribution < -0.4 is 4.74 Å². The number of esters is 1. The quantitative estimate of drug-likeness (QED) is 0.506. The monoisotopic (exact) mass is 447 g/mol. The van der Waals surface area contributed by atoms with Gasteiger partial charge in [0.15, 0.2) is 5.78 Å². The van der Waals surface area contributed by atoms with Crippen LogP contribution in [0.4, 0.5) is 0 Å². The summed E-state index contributed by atoms with van der Waals surface area (Å²) in [5.41, 5.74) is 2.58. The molecule has 1 N–H and O–H groups in total. The normalized spacial score (nSPS) is 21.8. The molecular weight excluding hydrogens is 418 g/mol. The molecule has 0 saturated carbocycles. The standard InChI is InChI=1S/C27H29NO5/c1-17-23(26(31)33-14-13-32-20-7-5-4-6-8-20)24(18-9-11-19(29)12-10-18)25-21(28-17)15-27(2,3)16-22(25)30/h4-12,23-24,29H,13-16H2,1-3H3/t23?,24-/m0/s1. The molecule has 0 spiro atoms. The van der Waals surface area contributed by atoms with E-state index in [4.69, 9.17) is 14.5 Å². The van der Waals surface area contributed by atoms with E-state index in [-0.39, 0.29) is 30.2 Å². The van der Waals surface area contributed by atoms with Crippen molar-refractivity contribution in [1.29, 1.82) is 0 Å². The Labute approximate surface area is 194 Å². The van der Waals surface area contributed by atoms with Gasteiger partial charge in [0.1, 0.15) is 30.6 Å². The Morgan fingerprint density at radius 1 is 1.06 bits per heavy atom. The molecule has 2 aromatic carbocycles. The molecular formula is C27H29NO5. The van der Waals surface area contributed by atoms with Gasteiger partial charge in [-0.25, -0.2) is 0 Å². The predicted octanol–water partition coefficient (Wildman–Crippen LogP) is 4.83. The Morgan fingerprint density at radius 2 is 1.76 bits per heavy atom. The number of aliphatic imine (C=N–C) groups is 1. The van der Waals surface area contributed by atoms with Crippen molar-refractivity contribution in [2.75, 3.05) is 13.2 Å². The number of Topliss-reactive ketones (excluding diaryl/α,β-unsaturated/α-hetero) is 1. The topological polar surface area (TPSA) is 85.2 Å². The van der Waals surface area contributed by atoms with Gasteiger partial charge in [-0.1, -0.05) is 44.2 Å². The number of phenols is 1. The first-order valence-electron chi connectivity index (χ1n) is 11.2. The van der Waals surface area contributed by atoms with E-state index >= 15 is 0 Å². The van der Waals surface area contributed by atoms with Crippen LogP contribution in [0.3, 0.4) is 0 Å². The SMILES string of the molecule is CC1=NC2=C(C(=O)CC(C)(C)C2)[C@@H](c2ccc(O)cc2)C1C(=O)OCCOc1ccccc1. The highest BCUT2D eigenvalue weighted by Crippen LogP contribution is 2.48. The van der Waals surface area contributed by atoms with E-state index in [1.807, 2.05) is 37.3 Å². The molecule has 0 saturated heterocycles. The molecule has 1 aliphatic heterocycles. The average Bonchev–Trinajstić information content (AvgIpc) is 2.76. The first kappa shape index (κ1) is 22.8. The number of carbonyl (C=O) groups is 2. The molecule has 1 heterocycles. The zero-order valence-corrected chi connectivity index (χ0v) is 19.2. The Bertz CT molecular complexity index is 1100. The van der Waals surface area contributed by atoms with Gasteiger partial charge in [0, 0.05) is 29.3 Å². The first-order chi connectivity index (χ1) is 15.7. The van der Waals surface area contributed by atoms with E-state index in [1.54, 1.807) is 24.3 Å². The molecule has 0 amide bonds. The number of ketones is 1. The lowest BCUT2D eigenvalue weighted by atomic mass is 9.67. The van der Waals surface area contributed by atoms with Crippen LogP contribution in [0.2, 0.25) is 0 Å². The summed E-state index contributed by atoms with van der Waals surface area (Å²) in [6.45, 7) is 6.25. The number of hydrogen-bond acceptors (Lipinski definition) is 6. The minimum atomic E-state index is -0.713. The maximum atomic E-state index is 13.2. The Morgan fingerprint density at radius 3 is 2.45 bits per heavy atom. The van der Waals surface area contributed by atoms with Crippen LogP contribution in [0.5, 0.6) is 11.5 Å². The summed E-state index contributed by atoms with van der Waals surface area (Å²) in [6.07, 6.45) is 1.08. The molecule has 2 aromatic rings. The number of hydrogen-bond donors (Lipinski definition) is 1. The Balaban J connectivity index is 1.58. The molecule has 172 valence electrons. The molecule has 0 bridgehead atoms. The van der Waals surface area contributed by atoms with Crippen LogP contribution in [-0.4, -0.2) is 35.8 Å². The lowest BCUT2D eigenvalue weighted by molar-refractivity contribution is -0.147. The molecule has 0 fully saturated rings. The zero-order valence-electron chi connectivity index (χ0n) is 19.2. The number of nitrogens with zero attached hydrogens (tertiary/aromatic N) is 1. The molecule has 0 radical (unpaired) electrons. The maximum absolute atomic E-state index is 13.2. The van der Waals surface area contributed by atoms with Gasteiger partial charge in [-0.2, -0.15) is 0 Å². The van der Waals surface area contributed by atoms with Gasteiger partial charge in [-0.3, -0.25) is 14.6 Å². The summed E-state index contributed by atoms with van der Waals surface area (Å²) in [7, 11) is 0. The minimum absolute atomic E-state index is 0.0146. The smallest absolute Gasteiger partial charge is 0.315 e. The third-order valence-corrected chi connectivity index (χ3v) is 6.15. The number of para-hydroxylation sites is 1. The summed E-state index contributed by atoms with van der Waals surface area (Å²) in [6, 6.07) is 16.0. The van der Waals surface area contributed by atoms with Gasteiger partial charge in [0.05, 0.1) is 0 Å². The number of aromatic hydroxyl groups is 1. The fourth-order valence-electron chi connectivity index (χ4n) is 4.70. The molecule has 1 unspecified atom stereocenters. The fraction of sp³-hybridized carbons (Fsp3) is 0.370. The van der Waals surface area contributed by atoms with Crippen LogP contribution >= 0.6 is 0 Å². The van der Waals surface area contributed by atoms with Gasteiger partial charge in [0.25, 0.3) is 0 Å². The average molecular weight is 448 g/mol. The highest BCUT2D eigenvalue weighted by molar-refractivity contribution is 6.09. The number of carbonyl (C=O) groups excluding carboxylic acids is 2. The van der Waals surface area contributed by atoms with E-state index in [1.165, 1.54) is 0 Å². The second-order valence-electron chi connectivity index (χ2n) is 9.43. The van der Waals surface area contributed by atoms with Crippen molar-refractivity contribution in [2.45, 2.75) is 39.5 Å². The van der Waals surface area contributed by atoms with Crippen LogP contribution in [0.1, 0.15) is 45.1 Å². The third-order valence-electron chi connectivity index (χ3n) is 6.15. The highest BCUT2D eigenvalue weighted by atomic mass is 16.6. The lowest BCUT2D eigenvalue weighted by Crippen LogP contribution is -2.39.